The predicted molar refractivity (Wildman–Crippen MR) is 98.5 cm³/mol. The van der Waals surface area contributed by atoms with E-state index in [0.717, 1.165) is 12.0 Å². The lowest BCUT2D eigenvalue weighted by molar-refractivity contribution is -0.432. The Hall–Kier alpha value is -1.19. The van der Waals surface area contributed by atoms with E-state index < -0.39 is 50.2 Å². The Bertz CT molecular complexity index is 665. The molecule has 12 nitrogen and oxygen atoms in total. The minimum absolute atomic E-state index is 0.250. The normalized spacial score (nSPS) is 26.9. The number of rotatable bonds is 8. The number of amides is 1. The maximum absolute atomic E-state index is 12.0. The lowest BCUT2D eigenvalue weighted by Gasteiger charge is -2.28. The first-order chi connectivity index (χ1) is 13.1. The number of sulfone groups is 1. The molecule has 0 unspecified atom stereocenters. The Morgan fingerprint density at radius 1 is 1.39 bits per heavy atom. The van der Waals surface area contributed by atoms with Crippen LogP contribution in [0, 0.1) is 5.92 Å². The van der Waals surface area contributed by atoms with Crippen molar-refractivity contribution in [2.24, 2.45) is 11.7 Å². The largest absolute Gasteiger partial charge is 0.479 e. The number of aliphatic carboxylic acids is 1. The molecule has 15 heteroatoms. The third-order valence-corrected chi connectivity index (χ3v) is 7.19. The highest BCUT2D eigenvalue weighted by molar-refractivity contribution is 7.98. The summed E-state index contributed by atoms with van der Waals surface area (Å²) in [6.45, 7) is 0. The van der Waals surface area contributed by atoms with Gasteiger partial charge in [-0.15, -0.1) is 4.33 Å². The number of hydrogen-bond donors (Lipinski definition) is 4. The minimum atomic E-state index is -3.43. The molecule has 1 heterocycles. The van der Waals surface area contributed by atoms with Crippen molar-refractivity contribution in [3.63, 3.8) is 0 Å². The summed E-state index contributed by atoms with van der Waals surface area (Å²) in [6, 6.07) is -0.820. The second-order valence-corrected chi connectivity index (χ2v) is 9.41. The molecule has 1 aliphatic carbocycles. The van der Waals surface area contributed by atoms with E-state index in [1.165, 1.54) is 11.8 Å². The Kier molecular flexibility index (Phi) is 11.9. The molecule has 0 spiro atoms. The maximum Gasteiger partial charge on any atom is 0.373 e. The van der Waals surface area contributed by atoms with E-state index >= 15 is 0 Å². The fourth-order valence-electron chi connectivity index (χ4n) is 2.74. The molecule has 1 saturated heterocycles. The van der Waals surface area contributed by atoms with E-state index in [1.54, 1.807) is 6.26 Å². The minimum Gasteiger partial charge on any atom is -0.479 e. The Labute approximate surface area is 169 Å². The molecule has 1 saturated carbocycles. The first-order valence-electron chi connectivity index (χ1n) is 7.59. The third-order valence-electron chi connectivity index (χ3n) is 4.05. The quantitative estimate of drug-likeness (QED) is 0.193. The topological polar surface area (TPSA) is 199 Å². The molecule has 162 valence electrons. The van der Waals surface area contributed by atoms with Crippen LogP contribution in [-0.4, -0.2) is 77.7 Å². The number of thioether (sulfide) groups is 1. The number of fused-ring (bicyclic) bond motifs is 1. The predicted octanol–water partition coefficient (Wildman–Crippen LogP) is -1.07. The monoisotopic (exact) mass is 462 g/mol. The molecule has 2 fully saturated rings. The molecule has 2 aliphatic rings. The molecule has 1 amide bonds. The van der Waals surface area contributed by atoms with Gasteiger partial charge in [0, 0.05) is 24.2 Å². The van der Waals surface area contributed by atoms with Crippen LogP contribution in [0.25, 0.3) is 0 Å². The SMILES string of the molecule is CSCC[C@@H](N)C(=O)N[C@@]1(C(=O)O)CS(=O)(=O)[C@H]2C[C@H]21.CSOOO.O=C=O. The summed E-state index contributed by atoms with van der Waals surface area (Å²) in [6.07, 6.45) is 4.47. The molecule has 5 N–H and O–H groups in total. The summed E-state index contributed by atoms with van der Waals surface area (Å²) in [5.41, 5.74) is 4.00. The van der Waals surface area contributed by atoms with Crippen LogP contribution in [-0.2, 0) is 38.4 Å². The fraction of sp³-hybridized carbons (Fsp3) is 0.769. The van der Waals surface area contributed by atoms with Crippen LogP contribution in [0.3, 0.4) is 0 Å². The molecule has 2 rings (SSSR count). The maximum atomic E-state index is 12.0. The zero-order valence-electron chi connectivity index (χ0n) is 15.0. The number of carbonyl (C=O) groups is 2. The fourth-order valence-corrected chi connectivity index (χ4v) is 5.78. The van der Waals surface area contributed by atoms with Crippen LogP contribution < -0.4 is 11.1 Å². The second kappa shape index (κ2) is 12.4. The molecule has 0 bridgehead atoms. The summed E-state index contributed by atoms with van der Waals surface area (Å²) in [5.74, 6) is -2.27. The van der Waals surface area contributed by atoms with Crippen LogP contribution in [0.4, 0.5) is 0 Å². The molecule has 0 radical (unpaired) electrons. The average molecular weight is 463 g/mol. The third kappa shape index (κ3) is 7.33. The average Bonchev–Trinajstić information content (AvgIpc) is 3.39. The van der Waals surface area contributed by atoms with Gasteiger partial charge in [-0.1, -0.05) is 5.04 Å². The zero-order chi connectivity index (χ0) is 22.0. The van der Waals surface area contributed by atoms with E-state index in [-0.39, 0.29) is 6.15 Å². The van der Waals surface area contributed by atoms with Gasteiger partial charge in [0.25, 0.3) is 0 Å². The number of carboxylic acid groups (broad SMARTS) is 1. The summed E-state index contributed by atoms with van der Waals surface area (Å²) in [4.78, 5) is 39.7. The molecule has 4 atom stereocenters. The van der Waals surface area contributed by atoms with E-state index in [1.807, 2.05) is 6.26 Å². The van der Waals surface area contributed by atoms with Gasteiger partial charge in [0.2, 0.25) is 5.91 Å². The Morgan fingerprint density at radius 2 is 1.96 bits per heavy atom. The van der Waals surface area contributed by atoms with Gasteiger partial charge in [-0.05, 0) is 24.9 Å². The van der Waals surface area contributed by atoms with Crippen molar-refractivity contribution in [3.05, 3.63) is 0 Å². The Balaban J connectivity index is 0.000000777. The lowest BCUT2D eigenvalue weighted by Crippen LogP contribution is -2.61. The molecule has 28 heavy (non-hydrogen) atoms. The highest BCUT2D eigenvalue weighted by atomic mass is 32.2. The van der Waals surface area contributed by atoms with Gasteiger partial charge in [-0.25, -0.2) is 18.5 Å². The first-order valence-corrected chi connectivity index (χ1v) is 11.9. The van der Waals surface area contributed by atoms with Gasteiger partial charge in [-0.2, -0.15) is 21.4 Å². The van der Waals surface area contributed by atoms with Crippen molar-refractivity contribution in [1.82, 2.24) is 5.32 Å². The van der Waals surface area contributed by atoms with Gasteiger partial charge < -0.3 is 16.2 Å². The highest BCUT2D eigenvalue weighted by Gasteiger charge is 2.70. The van der Waals surface area contributed by atoms with Gasteiger partial charge in [-0.3, -0.25) is 4.79 Å². The molecule has 0 aromatic carbocycles. The van der Waals surface area contributed by atoms with Crippen LogP contribution >= 0.6 is 23.8 Å². The van der Waals surface area contributed by atoms with Crippen molar-refractivity contribution in [2.75, 3.05) is 24.0 Å². The molecule has 0 aromatic heterocycles. The second-order valence-electron chi connectivity index (χ2n) is 5.73. The van der Waals surface area contributed by atoms with Gasteiger partial charge in [0.05, 0.1) is 17.0 Å². The number of nitrogens with two attached hydrogens (primary N) is 1. The summed E-state index contributed by atoms with van der Waals surface area (Å²) in [7, 11) is -3.43. The Morgan fingerprint density at radius 3 is 2.25 bits per heavy atom. The summed E-state index contributed by atoms with van der Waals surface area (Å²) in [5, 5.41) is 21.6. The summed E-state index contributed by atoms with van der Waals surface area (Å²) >= 11 is 2.46. The van der Waals surface area contributed by atoms with Crippen LogP contribution in [0.5, 0.6) is 0 Å². The van der Waals surface area contributed by atoms with Crippen molar-refractivity contribution < 1.29 is 47.3 Å². The zero-order valence-corrected chi connectivity index (χ0v) is 17.5. The van der Waals surface area contributed by atoms with E-state index in [9.17, 15) is 23.1 Å². The molecular formula is C13H22N2O10S3. The van der Waals surface area contributed by atoms with Gasteiger partial charge >= 0.3 is 12.1 Å². The van der Waals surface area contributed by atoms with E-state index in [2.05, 4.69) is 14.7 Å². The first kappa shape index (κ1) is 26.8. The van der Waals surface area contributed by atoms with Crippen molar-refractivity contribution in [1.29, 1.82) is 0 Å². The summed E-state index contributed by atoms with van der Waals surface area (Å²) < 4.78 is 27.4. The van der Waals surface area contributed by atoms with E-state index in [0.29, 0.717) is 18.6 Å². The number of carboxylic acids is 1. The number of nitrogens with one attached hydrogen (secondary N) is 1. The number of carbonyl (C=O) groups excluding carboxylic acids is 3. The van der Waals surface area contributed by atoms with Gasteiger partial charge in [0.1, 0.15) is 0 Å². The highest BCUT2D eigenvalue weighted by Crippen LogP contribution is 2.52. The lowest BCUT2D eigenvalue weighted by atomic mass is 9.95. The molecular weight excluding hydrogens is 440 g/mol. The van der Waals surface area contributed by atoms with Crippen molar-refractivity contribution >= 4 is 51.7 Å². The van der Waals surface area contributed by atoms with Crippen molar-refractivity contribution in [2.45, 2.75) is 29.7 Å². The van der Waals surface area contributed by atoms with E-state index in [4.69, 9.17) is 20.6 Å². The molecule has 1 aliphatic heterocycles. The van der Waals surface area contributed by atoms with Crippen LogP contribution in [0.15, 0.2) is 0 Å². The number of hydrogen-bond acceptors (Lipinski definition) is 12. The van der Waals surface area contributed by atoms with Crippen molar-refractivity contribution in [3.8, 4) is 0 Å². The molecule has 0 aromatic rings. The van der Waals surface area contributed by atoms with Crippen LogP contribution in [0.1, 0.15) is 12.8 Å². The van der Waals surface area contributed by atoms with Gasteiger partial charge in [0.15, 0.2) is 15.4 Å². The standard InChI is InChI=1S/C11H18N2O5S2.CH4O3S.CO2/c1-19-3-2-7(12)9(14)13-11(10(15)16)5-20(17,18)8-4-6(8)11;1-5-4-3-2;2-1-3/h6-8H,2-5,12H2,1H3,(H,13,14)(H,15,16);2H,1H3;/t6-,7-,8+,11+;;/m1../s1. The van der Waals surface area contributed by atoms with Crippen LogP contribution in [0.2, 0.25) is 0 Å². The smallest absolute Gasteiger partial charge is 0.373 e.